The molecule has 51 heavy (non-hydrogen) atoms. The normalized spacial score (nSPS) is 11.5. The van der Waals surface area contributed by atoms with Crippen LogP contribution in [0.3, 0.4) is 0 Å². The molecule has 0 unspecified atom stereocenters. The van der Waals surface area contributed by atoms with Crippen molar-refractivity contribution in [1.82, 2.24) is 0 Å². The summed E-state index contributed by atoms with van der Waals surface area (Å²) < 4.78 is 9.36. The van der Waals surface area contributed by atoms with Crippen LogP contribution in [0.15, 0.2) is 192 Å². The maximum Gasteiger partial charge on any atom is 0.160 e. The number of fused-ring (bicyclic) bond motifs is 6. The lowest BCUT2D eigenvalue weighted by atomic mass is 9.98. The van der Waals surface area contributed by atoms with Crippen molar-refractivity contribution in [3.63, 3.8) is 0 Å². The van der Waals surface area contributed by atoms with E-state index < -0.39 is 0 Å². The predicted molar refractivity (Wildman–Crippen MR) is 218 cm³/mol. The van der Waals surface area contributed by atoms with Gasteiger partial charge in [-0.05, 0) is 75.8 Å². The molecule has 10 rings (SSSR count). The van der Waals surface area contributed by atoms with E-state index in [0.717, 1.165) is 44.6 Å². The molecule has 0 saturated carbocycles. The Morgan fingerprint density at radius 1 is 0.392 bits per heavy atom. The van der Waals surface area contributed by atoms with Crippen LogP contribution in [-0.2, 0) is 0 Å². The summed E-state index contributed by atoms with van der Waals surface area (Å²) in [4.78, 5) is 2.35. The van der Waals surface area contributed by atoms with Gasteiger partial charge in [-0.25, -0.2) is 0 Å². The zero-order valence-corrected chi connectivity index (χ0v) is 28.5. The number of anilines is 3. The largest absolute Gasteiger partial charge is 0.454 e. The van der Waals surface area contributed by atoms with Gasteiger partial charge in [0.25, 0.3) is 0 Å². The standard InChI is InChI=1S/C48H31NOS/c1-3-11-32(12-4-1)33-19-21-34(22-20-33)35-23-25-37(26-24-35)49(38-27-28-41-40-15-8-10-18-45(40)51-46(41)31-38)43-30-29-39(36-13-5-2-6-14-36)47-42-16-7-9-17-44(42)50-48(43)47/h1-31H. The van der Waals surface area contributed by atoms with Crippen molar-refractivity contribution < 1.29 is 4.42 Å². The van der Waals surface area contributed by atoms with Crippen molar-refractivity contribution in [3.05, 3.63) is 188 Å². The van der Waals surface area contributed by atoms with Gasteiger partial charge in [0.2, 0.25) is 0 Å². The number of thiophene rings is 1. The van der Waals surface area contributed by atoms with E-state index in [0.29, 0.717) is 0 Å². The first-order valence-electron chi connectivity index (χ1n) is 17.3. The number of benzene rings is 8. The topological polar surface area (TPSA) is 16.4 Å². The number of hydrogen-bond donors (Lipinski definition) is 0. The Bertz CT molecular complexity index is 2830. The van der Waals surface area contributed by atoms with Crippen molar-refractivity contribution in [1.29, 1.82) is 0 Å². The fourth-order valence-corrected chi connectivity index (χ4v) is 8.56. The average molecular weight is 670 g/mol. The van der Waals surface area contributed by atoms with Crippen molar-refractivity contribution in [3.8, 4) is 33.4 Å². The van der Waals surface area contributed by atoms with Crippen LogP contribution in [0.25, 0.3) is 75.5 Å². The highest BCUT2D eigenvalue weighted by atomic mass is 32.1. The van der Waals surface area contributed by atoms with E-state index in [4.69, 9.17) is 4.42 Å². The molecule has 10 aromatic rings. The zero-order valence-electron chi connectivity index (χ0n) is 27.7. The summed E-state index contributed by atoms with van der Waals surface area (Å²) in [6, 6.07) is 67.3. The summed E-state index contributed by atoms with van der Waals surface area (Å²) in [7, 11) is 0. The van der Waals surface area contributed by atoms with Gasteiger partial charge in [-0.15, -0.1) is 11.3 Å². The number of hydrogen-bond acceptors (Lipinski definition) is 3. The molecule has 0 amide bonds. The van der Waals surface area contributed by atoms with Gasteiger partial charge in [0.1, 0.15) is 5.58 Å². The molecule has 0 bridgehead atoms. The van der Waals surface area contributed by atoms with Gasteiger partial charge in [0.15, 0.2) is 5.58 Å². The SMILES string of the molecule is c1ccc(-c2ccc(-c3ccc(N(c4ccc5c(c4)sc4ccccc45)c4ccc(-c5ccccc5)c5c4oc4ccccc45)cc3)cc2)cc1. The van der Waals surface area contributed by atoms with Crippen LogP contribution in [0, 0.1) is 0 Å². The maximum absolute atomic E-state index is 6.81. The van der Waals surface area contributed by atoms with Gasteiger partial charge in [-0.1, -0.05) is 146 Å². The van der Waals surface area contributed by atoms with Gasteiger partial charge >= 0.3 is 0 Å². The van der Waals surface area contributed by atoms with E-state index in [1.54, 1.807) is 0 Å². The molecule has 0 aliphatic rings. The Hall–Kier alpha value is -6.42. The summed E-state index contributed by atoms with van der Waals surface area (Å²) in [6.07, 6.45) is 0. The number of para-hydroxylation sites is 1. The number of furan rings is 1. The molecule has 2 aromatic heterocycles. The second-order valence-electron chi connectivity index (χ2n) is 12.9. The Morgan fingerprint density at radius 2 is 0.941 bits per heavy atom. The minimum Gasteiger partial charge on any atom is -0.454 e. The average Bonchev–Trinajstić information content (AvgIpc) is 3.78. The Morgan fingerprint density at radius 3 is 1.67 bits per heavy atom. The third-order valence-electron chi connectivity index (χ3n) is 9.90. The van der Waals surface area contributed by atoms with Crippen molar-refractivity contribution in [2.75, 3.05) is 4.90 Å². The fourth-order valence-electron chi connectivity index (χ4n) is 7.42. The van der Waals surface area contributed by atoms with Gasteiger partial charge in [-0.3, -0.25) is 0 Å². The van der Waals surface area contributed by atoms with Gasteiger partial charge < -0.3 is 9.32 Å². The molecule has 0 atom stereocenters. The first kappa shape index (κ1) is 29.5. The molecule has 2 nitrogen and oxygen atoms in total. The lowest BCUT2D eigenvalue weighted by Gasteiger charge is -2.26. The second-order valence-corrected chi connectivity index (χ2v) is 14.0. The lowest BCUT2D eigenvalue weighted by molar-refractivity contribution is 0.669. The summed E-state index contributed by atoms with van der Waals surface area (Å²) in [5.41, 5.74) is 12.0. The highest BCUT2D eigenvalue weighted by molar-refractivity contribution is 7.25. The van der Waals surface area contributed by atoms with E-state index in [2.05, 4.69) is 187 Å². The quantitative estimate of drug-likeness (QED) is 0.175. The third kappa shape index (κ3) is 5.10. The number of nitrogens with zero attached hydrogens (tertiary/aromatic N) is 1. The maximum atomic E-state index is 6.81. The molecular formula is C48H31NOS. The van der Waals surface area contributed by atoms with Crippen molar-refractivity contribution >= 4 is 70.5 Å². The third-order valence-corrected chi connectivity index (χ3v) is 11.0. The molecule has 0 aliphatic carbocycles. The predicted octanol–water partition coefficient (Wildman–Crippen LogP) is 14.4. The summed E-state index contributed by atoms with van der Waals surface area (Å²) >= 11 is 1.84. The van der Waals surface area contributed by atoms with Crippen LogP contribution in [0.1, 0.15) is 0 Å². The Labute approximate surface area is 300 Å². The molecule has 0 spiro atoms. The lowest BCUT2D eigenvalue weighted by Crippen LogP contribution is -2.10. The first-order chi connectivity index (χ1) is 25.3. The van der Waals surface area contributed by atoms with Crippen LogP contribution >= 0.6 is 11.3 Å². The molecule has 0 aliphatic heterocycles. The van der Waals surface area contributed by atoms with Gasteiger partial charge in [0, 0.05) is 42.3 Å². The van der Waals surface area contributed by atoms with Crippen LogP contribution in [0.4, 0.5) is 17.1 Å². The van der Waals surface area contributed by atoms with Crippen LogP contribution in [-0.4, -0.2) is 0 Å². The molecule has 0 radical (unpaired) electrons. The van der Waals surface area contributed by atoms with E-state index in [1.807, 2.05) is 17.4 Å². The highest BCUT2D eigenvalue weighted by Gasteiger charge is 2.23. The summed E-state index contributed by atoms with van der Waals surface area (Å²) in [6.45, 7) is 0. The van der Waals surface area contributed by atoms with Crippen molar-refractivity contribution in [2.45, 2.75) is 0 Å². The van der Waals surface area contributed by atoms with E-state index in [1.165, 1.54) is 48.0 Å². The molecular weight excluding hydrogens is 639 g/mol. The number of rotatable bonds is 6. The minimum absolute atomic E-state index is 0.870. The van der Waals surface area contributed by atoms with Crippen LogP contribution in [0.5, 0.6) is 0 Å². The van der Waals surface area contributed by atoms with Gasteiger partial charge in [0.05, 0.1) is 5.69 Å². The highest BCUT2D eigenvalue weighted by Crippen LogP contribution is 2.47. The first-order valence-corrected chi connectivity index (χ1v) is 18.1. The summed E-state index contributed by atoms with van der Waals surface area (Å²) in [5.74, 6) is 0. The second kappa shape index (κ2) is 12.2. The van der Waals surface area contributed by atoms with Crippen molar-refractivity contribution in [2.24, 2.45) is 0 Å². The molecule has 3 heteroatoms. The summed E-state index contributed by atoms with van der Waals surface area (Å²) in [5, 5.41) is 4.81. The molecule has 0 saturated heterocycles. The van der Waals surface area contributed by atoms with E-state index in [-0.39, 0.29) is 0 Å². The molecule has 0 N–H and O–H groups in total. The molecule has 0 fully saturated rings. The van der Waals surface area contributed by atoms with Crippen LogP contribution in [0.2, 0.25) is 0 Å². The zero-order chi connectivity index (χ0) is 33.7. The monoisotopic (exact) mass is 669 g/mol. The van der Waals surface area contributed by atoms with E-state index in [9.17, 15) is 0 Å². The smallest absolute Gasteiger partial charge is 0.160 e. The van der Waals surface area contributed by atoms with Gasteiger partial charge in [-0.2, -0.15) is 0 Å². The van der Waals surface area contributed by atoms with Crippen LogP contribution < -0.4 is 4.90 Å². The van der Waals surface area contributed by atoms with E-state index >= 15 is 0 Å². The minimum atomic E-state index is 0.870. The Kier molecular flexibility index (Phi) is 7.04. The Balaban J connectivity index is 1.15. The fraction of sp³-hybridized carbons (Fsp3) is 0. The molecule has 240 valence electrons. The molecule has 8 aromatic carbocycles. The molecule has 2 heterocycles.